The summed E-state index contributed by atoms with van der Waals surface area (Å²) in [5.74, 6) is 0.0752. The molecule has 0 unspecified atom stereocenters. The van der Waals surface area contributed by atoms with Crippen LogP contribution < -0.4 is 0 Å². The zero-order valence-electron chi connectivity index (χ0n) is 15.5. The normalized spacial score (nSPS) is 10.1. The molecule has 0 saturated heterocycles. The molecular weight excluding hydrogens is 344 g/mol. The molecule has 0 bridgehead atoms. The van der Waals surface area contributed by atoms with Crippen molar-refractivity contribution in [2.45, 2.75) is 6.10 Å². The van der Waals surface area contributed by atoms with Gasteiger partial charge in [0.1, 0.15) is 6.10 Å². The van der Waals surface area contributed by atoms with E-state index in [1.165, 1.54) is 0 Å². The summed E-state index contributed by atoms with van der Waals surface area (Å²) in [6, 6.07) is 37.9. The Bertz CT molecular complexity index is 891. The van der Waals surface area contributed by atoms with Gasteiger partial charge in [-0.25, -0.2) is 0 Å². The van der Waals surface area contributed by atoms with Crippen LogP contribution in [0.2, 0.25) is 0 Å². The maximum absolute atomic E-state index is 11.8. The lowest BCUT2D eigenvalue weighted by atomic mass is 10.0. The summed E-state index contributed by atoms with van der Waals surface area (Å²) in [6.07, 6.45) is -0.516. The molecule has 2 nitrogen and oxygen atoms in total. The molecule has 0 aliphatic rings. The fourth-order valence-electron chi connectivity index (χ4n) is 2.81. The van der Waals surface area contributed by atoms with E-state index in [0.717, 1.165) is 22.3 Å². The summed E-state index contributed by atoms with van der Waals surface area (Å²) < 4.78 is 0. The van der Waals surface area contributed by atoms with E-state index >= 15 is 0 Å². The van der Waals surface area contributed by atoms with E-state index in [0.29, 0.717) is 0 Å². The molecule has 4 rings (SSSR count). The summed E-state index contributed by atoms with van der Waals surface area (Å²) in [5.41, 5.74) is 3.33. The summed E-state index contributed by atoms with van der Waals surface area (Å²) in [5, 5.41) is 9.99. The van der Waals surface area contributed by atoms with E-state index in [1.54, 1.807) is 0 Å². The predicted octanol–water partition coefficient (Wildman–Crippen LogP) is 5.93. The minimum absolute atomic E-state index is 0. The maximum atomic E-state index is 11.8. The average Bonchev–Trinajstić information content (AvgIpc) is 2.81. The Morgan fingerprint density at radius 3 is 1.14 bits per heavy atom. The van der Waals surface area contributed by atoms with E-state index in [2.05, 4.69) is 0 Å². The lowest BCUT2D eigenvalue weighted by Crippen LogP contribution is -1.99. The molecule has 0 heterocycles. The van der Waals surface area contributed by atoms with Crippen molar-refractivity contribution in [2.24, 2.45) is 0 Å². The Morgan fingerprint density at radius 2 is 0.821 bits per heavy atom. The van der Waals surface area contributed by atoms with Crippen LogP contribution >= 0.6 is 0 Å². The van der Waals surface area contributed by atoms with Crippen molar-refractivity contribution in [2.75, 3.05) is 0 Å². The zero-order chi connectivity index (χ0) is 19.6. The first-order valence-electron chi connectivity index (χ1n) is 9.18. The number of carbonyl (C=O) groups excluding carboxylic acids is 1. The van der Waals surface area contributed by atoms with Gasteiger partial charge in [0.05, 0.1) is 0 Å². The molecule has 140 valence electrons. The highest BCUT2D eigenvalue weighted by Gasteiger charge is 2.08. The first-order valence-corrected chi connectivity index (χ1v) is 9.18. The van der Waals surface area contributed by atoms with Gasteiger partial charge >= 0.3 is 0 Å². The molecule has 0 spiro atoms. The van der Waals surface area contributed by atoms with Gasteiger partial charge in [-0.1, -0.05) is 121 Å². The summed E-state index contributed by atoms with van der Waals surface area (Å²) >= 11 is 0. The van der Waals surface area contributed by atoms with Crippen LogP contribution in [-0.2, 0) is 0 Å². The molecule has 0 amide bonds. The van der Waals surface area contributed by atoms with Crippen LogP contribution in [0.15, 0.2) is 121 Å². The van der Waals surface area contributed by atoms with Gasteiger partial charge in [0.25, 0.3) is 0 Å². The van der Waals surface area contributed by atoms with Gasteiger partial charge in [-0.3, -0.25) is 4.79 Å². The third-order valence-electron chi connectivity index (χ3n) is 4.30. The van der Waals surface area contributed by atoms with Crippen molar-refractivity contribution in [3.8, 4) is 0 Å². The lowest BCUT2D eigenvalue weighted by Gasteiger charge is -2.10. The first-order chi connectivity index (χ1) is 13.8. The van der Waals surface area contributed by atoms with Crippen molar-refractivity contribution >= 4 is 5.78 Å². The van der Waals surface area contributed by atoms with Crippen molar-refractivity contribution in [1.82, 2.24) is 0 Å². The van der Waals surface area contributed by atoms with Gasteiger partial charge in [-0.15, -0.1) is 0 Å². The first kappa shape index (κ1) is 19.3. The molecule has 4 aromatic rings. The number of aliphatic hydroxyl groups is 1. The largest absolute Gasteiger partial charge is 0.384 e. The van der Waals surface area contributed by atoms with E-state index in [-0.39, 0.29) is 7.21 Å². The zero-order valence-corrected chi connectivity index (χ0v) is 15.5. The monoisotopic (exact) mass is 368 g/mol. The number of rotatable bonds is 4. The highest BCUT2D eigenvalue weighted by Crippen LogP contribution is 2.20. The smallest absolute Gasteiger partial charge is 0.193 e. The van der Waals surface area contributed by atoms with E-state index < -0.39 is 6.10 Å². The molecule has 0 radical (unpaired) electrons. The highest BCUT2D eigenvalue weighted by molar-refractivity contribution is 6.08. The minimum Gasteiger partial charge on any atom is -0.384 e. The van der Waals surface area contributed by atoms with Gasteiger partial charge in [-0.05, 0) is 11.1 Å². The van der Waals surface area contributed by atoms with Crippen LogP contribution in [0.25, 0.3) is 0 Å². The molecule has 0 fully saturated rings. The summed E-state index contributed by atoms with van der Waals surface area (Å²) in [7, 11) is 0. The molecule has 0 atom stereocenters. The fraction of sp³-hybridized carbons (Fsp3) is 0.0385. The van der Waals surface area contributed by atoms with Crippen molar-refractivity contribution < 1.29 is 11.3 Å². The number of benzene rings is 4. The minimum atomic E-state index is -0.516. The molecule has 0 aliphatic carbocycles. The van der Waals surface area contributed by atoms with E-state index in [4.69, 9.17) is 0 Å². The van der Waals surface area contributed by atoms with Crippen LogP contribution in [0.3, 0.4) is 0 Å². The van der Waals surface area contributed by atoms with Crippen LogP contribution in [-0.4, -0.2) is 10.9 Å². The summed E-state index contributed by atoms with van der Waals surface area (Å²) in [6.45, 7) is 0. The predicted molar refractivity (Wildman–Crippen MR) is 115 cm³/mol. The number of carbonyl (C=O) groups is 1. The molecule has 0 aliphatic heterocycles. The van der Waals surface area contributed by atoms with Crippen LogP contribution in [0.4, 0.5) is 0 Å². The Morgan fingerprint density at radius 1 is 0.536 bits per heavy atom. The molecule has 28 heavy (non-hydrogen) atoms. The standard InChI is InChI=1S/C13H12O.C13H10O.H2/c2*14-13(11-7-3-1-4-8-11)12-9-5-2-6-10-12;/h1-10,13-14H;1-10H;1H. The van der Waals surface area contributed by atoms with Crippen molar-refractivity contribution in [3.05, 3.63) is 144 Å². The van der Waals surface area contributed by atoms with Gasteiger partial charge < -0.3 is 5.11 Å². The molecule has 4 aromatic carbocycles. The third-order valence-corrected chi connectivity index (χ3v) is 4.30. The molecular formula is C26H24O2. The third kappa shape index (κ3) is 5.26. The SMILES string of the molecule is O=C(c1ccccc1)c1ccccc1.OC(c1ccccc1)c1ccccc1.[HH]. The second kappa shape index (κ2) is 10.0. The lowest BCUT2D eigenvalue weighted by molar-refractivity contribution is 0.103. The molecule has 0 saturated carbocycles. The fourth-order valence-corrected chi connectivity index (χ4v) is 2.81. The quantitative estimate of drug-likeness (QED) is 0.453. The van der Waals surface area contributed by atoms with Gasteiger partial charge in [0.15, 0.2) is 5.78 Å². The van der Waals surface area contributed by atoms with Gasteiger partial charge in [0.2, 0.25) is 0 Å². The van der Waals surface area contributed by atoms with Crippen LogP contribution in [0.1, 0.15) is 34.6 Å². The number of ketones is 1. The van der Waals surface area contributed by atoms with E-state index in [9.17, 15) is 9.90 Å². The Kier molecular flexibility index (Phi) is 6.89. The van der Waals surface area contributed by atoms with Crippen molar-refractivity contribution in [1.29, 1.82) is 0 Å². The average molecular weight is 368 g/mol. The second-order valence-electron chi connectivity index (χ2n) is 6.29. The molecule has 2 heteroatoms. The summed E-state index contributed by atoms with van der Waals surface area (Å²) in [4.78, 5) is 11.8. The molecule has 0 aromatic heterocycles. The molecule has 1 N–H and O–H groups in total. The van der Waals surface area contributed by atoms with Crippen LogP contribution in [0.5, 0.6) is 0 Å². The number of hydrogen-bond donors (Lipinski definition) is 1. The van der Waals surface area contributed by atoms with Crippen LogP contribution in [0, 0.1) is 0 Å². The Labute approximate surface area is 167 Å². The highest BCUT2D eigenvalue weighted by atomic mass is 16.3. The second-order valence-corrected chi connectivity index (χ2v) is 6.29. The van der Waals surface area contributed by atoms with Gasteiger partial charge in [0, 0.05) is 12.6 Å². The van der Waals surface area contributed by atoms with E-state index in [1.807, 2.05) is 121 Å². The topological polar surface area (TPSA) is 37.3 Å². The number of aliphatic hydroxyl groups excluding tert-OH is 1. The Balaban J connectivity index is 0.000000200. The van der Waals surface area contributed by atoms with Gasteiger partial charge in [-0.2, -0.15) is 0 Å². The maximum Gasteiger partial charge on any atom is 0.193 e. The van der Waals surface area contributed by atoms with Crippen molar-refractivity contribution in [3.63, 3.8) is 0 Å². The Hall–Kier alpha value is -3.49. The number of hydrogen-bond acceptors (Lipinski definition) is 2.